The Morgan fingerprint density at radius 3 is 2.41 bits per heavy atom. The van der Waals surface area contributed by atoms with E-state index in [1.54, 1.807) is 18.1 Å². The molecule has 49 heavy (non-hydrogen) atoms. The van der Waals surface area contributed by atoms with Crippen LogP contribution in [0.4, 0.5) is 14.3 Å². The number of nitrogens with zero attached hydrogens (tertiary/aromatic N) is 3. The lowest BCUT2D eigenvalue weighted by Crippen LogP contribution is -2.49. The quantitative estimate of drug-likeness (QED) is 0.224. The number of fused-ring (bicyclic) bond motifs is 1. The standard InChI is InChI=1S/C37H48FN3O7S/c1-22-10-11-29(46-20-23-17-30(44-8)27-18-41(15-12-24(27)32(23)38)35(43)48-37(5,6)7)26(16-22)28-21-49-34(39-28)40-14-13-25(31(19-40)45-9)33(42)47-36(2,3)4/h10-11,16-17,21,25,31H,12-15,18-20H2,1-9H3/t25-,31+/m1/s1. The molecule has 2 aliphatic heterocycles. The summed E-state index contributed by atoms with van der Waals surface area (Å²) in [6.07, 6.45) is 0.170. The highest BCUT2D eigenvalue weighted by molar-refractivity contribution is 7.14. The number of carbonyl (C=O) groups excluding carboxylic acids is 2. The summed E-state index contributed by atoms with van der Waals surface area (Å²) >= 11 is 1.51. The molecule has 1 fully saturated rings. The first-order valence-electron chi connectivity index (χ1n) is 16.6. The number of carbonyl (C=O) groups is 2. The summed E-state index contributed by atoms with van der Waals surface area (Å²) in [5.74, 6) is 0.139. The van der Waals surface area contributed by atoms with Gasteiger partial charge in [0.2, 0.25) is 0 Å². The largest absolute Gasteiger partial charge is 0.496 e. The fourth-order valence-electron chi connectivity index (χ4n) is 6.14. The molecule has 3 aromatic rings. The molecule has 2 aromatic carbocycles. The highest BCUT2D eigenvalue weighted by Crippen LogP contribution is 2.38. The van der Waals surface area contributed by atoms with Crippen LogP contribution in [0.3, 0.4) is 0 Å². The van der Waals surface area contributed by atoms with Gasteiger partial charge in [0.05, 0.1) is 31.4 Å². The molecule has 0 saturated carbocycles. The lowest BCUT2D eigenvalue weighted by atomic mass is 9.93. The van der Waals surface area contributed by atoms with Crippen molar-refractivity contribution in [1.29, 1.82) is 0 Å². The number of methoxy groups -OCH3 is 2. The van der Waals surface area contributed by atoms with Crippen molar-refractivity contribution in [1.82, 2.24) is 9.88 Å². The molecule has 1 saturated heterocycles. The van der Waals surface area contributed by atoms with Gasteiger partial charge in [-0.2, -0.15) is 0 Å². The minimum atomic E-state index is -0.629. The molecule has 0 N–H and O–H groups in total. The molecular formula is C37H48FN3O7S. The maximum Gasteiger partial charge on any atom is 0.410 e. The molecule has 10 nitrogen and oxygen atoms in total. The highest BCUT2D eigenvalue weighted by atomic mass is 32.1. The topological polar surface area (TPSA) is 99.7 Å². The normalized spacial score (nSPS) is 18.2. The van der Waals surface area contributed by atoms with E-state index < -0.39 is 17.3 Å². The number of hydrogen-bond acceptors (Lipinski definition) is 10. The number of rotatable bonds is 8. The first-order chi connectivity index (χ1) is 23.1. The van der Waals surface area contributed by atoms with Crippen LogP contribution in [0.15, 0.2) is 29.6 Å². The molecule has 0 bridgehead atoms. The number of hydrogen-bond donors (Lipinski definition) is 0. The number of benzene rings is 2. The smallest absolute Gasteiger partial charge is 0.410 e. The van der Waals surface area contributed by atoms with Crippen LogP contribution in [0.25, 0.3) is 11.3 Å². The lowest BCUT2D eigenvalue weighted by molar-refractivity contribution is -0.165. The zero-order valence-corrected chi connectivity index (χ0v) is 30.8. The van der Waals surface area contributed by atoms with Crippen molar-refractivity contribution < 1.29 is 37.7 Å². The second kappa shape index (κ2) is 14.5. The summed E-state index contributed by atoms with van der Waals surface area (Å²) in [6, 6.07) is 7.49. The zero-order valence-electron chi connectivity index (χ0n) is 30.0. The van der Waals surface area contributed by atoms with Gasteiger partial charge in [-0.05, 0) is 85.1 Å². The van der Waals surface area contributed by atoms with Crippen molar-refractivity contribution >= 4 is 28.5 Å². The molecule has 0 unspecified atom stereocenters. The van der Waals surface area contributed by atoms with Crippen molar-refractivity contribution in [2.24, 2.45) is 5.92 Å². The van der Waals surface area contributed by atoms with Crippen LogP contribution in [0, 0.1) is 18.7 Å². The van der Waals surface area contributed by atoms with Crippen molar-refractivity contribution in [2.75, 3.05) is 38.8 Å². The molecule has 1 aromatic heterocycles. The van der Waals surface area contributed by atoms with E-state index in [0.717, 1.165) is 22.0 Å². The van der Waals surface area contributed by atoms with Gasteiger partial charge in [0.25, 0.3) is 0 Å². The highest BCUT2D eigenvalue weighted by Gasteiger charge is 2.38. The molecule has 2 atom stereocenters. The molecule has 2 aliphatic rings. The summed E-state index contributed by atoms with van der Waals surface area (Å²) in [6.45, 7) is 14.7. The second-order valence-corrected chi connectivity index (χ2v) is 15.4. The summed E-state index contributed by atoms with van der Waals surface area (Å²) < 4.78 is 44.8. The summed E-state index contributed by atoms with van der Waals surface area (Å²) in [4.78, 5) is 34.3. The molecule has 266 valence electrons. The van der Waals surface area contributed by atoms with Gasteiger partial charge < -0.3 is 33.5 Å². The molecule has 5 rings (SSSR count). The van der Waals surface area contributed by atoms with Crippen molar-refractivity contribution in [3.63, 3.8) is 0 Å². The molecule has 1 amide bonds. The average Bonchev–Trinajstić information content (AvgIpc) is 3.53. The first kappa shape index (κ1) is 36.4. The van der Waals surface area contributed by atoms with Crippen molar-refractivity contribution in [3.05, 3.63) is 57.7 Å². The number of amides is 1. The predicted octanol–water partition coefficient (Wildman–Crippen LogP) is 7.32. The number of aryl methyl sites for hydroxylation is 1. The minimum absolute atomic E-state index is 0.0218. The van der Waals surface area contributed by atoms with E-state index in [2.05, 4.69) is 4.90 Å². The van der Waals surface area contributed by atoms with E-state index in [0.29, 0.717) is 60.7 Å². The SMILES string of the molecule is COc1cc(COc2ccc(C)cc2-c2csc(N3CC[C@@H](C(=O)OC(C)(C)C)[C@@H](OC)C3)n2)c(F)c2c1CN(C(=O)OC(C)(C)C)CC2. The number of thiazole rings is 1. The number of esters is 1. The predicted molar refractivity (Wildman–Crippen MR) is 187 cm³/mol. The number of piperidine rings is 1. The van der Waals surface area contributed by atoms with Gasteiger partial charge in [0.1, 0.15) is 35.1 Å². The monoisotopic (exact) mass is 697 g/mol. The number of aromatic nitrogens is 1. The third-order valence-electron chi connectivity index (χ3n) is 8.49. The Labute approximate surface area is 292 Å². The van der Waals surface area contributed by atoms with E-state index >= 15 is 4.39 Å². The Morgan fingerprint density at radius 1 is 1.00 bits per heavy atom. The first-order valence-corrected chi connectivity index (χ1v) is 17.5. The van der Waals surface area contributed by atoms with Gasteiger partial charge in [-0.1, -0.05) is 11.6 Å². The summed E-state index contributed by atoms with van der Waals surface area (Å²) in [5.41, 5.74) is 2.91. The van der Waals surface area contributed by atoms with Crippen LogP contribution < -0.4 is 14.4 Å². The average molecular weight is 698 g/mol. The van der Waals surface area contributed by atoms with Gasteiger partial charge in [0, 0.05) is 48.8 Å². The van der Waals surface area contributed by atoms with Gasteiger partial charge >= 0.3 is 12.1 Å². The van der Waals surface area contributed by atoms with Crippen LogP contribution in [0.5, 0.6) is 11.5 Å². The summed E-state index contributed by atoms with van der Waals surface area (Å²) in [5, 5.41) is 2.80. The maximum absolute atomic E-state index is 16.0. The molecular weight excluding hydrogens is 649 g/mol. The van der Waals surface area contributed by atoms with Crippen molar-refractivity contribution in [3.8, 4) is 22.8 Å². The van der Waals surface area contributed by atoms with Gasteiger partial charge in [-0.25, -0.2) is 14.2 Å². The zero-order chi connectivity index (χ0) is 35.7. The van der Waals surface area contributed by atoms with E-state index in [1.807, 2.05) is 72.0 Å². The Kier molecular flexibility index (Phi) is 10.8. The third kappa shape index (κ3) is 8.64. The Balaban J connectivity index is 1.32. The lowest BCUT2D eigenvalue weighted by Gasteiger charge is -2.37. The molecule has 12 heteroatoms. The van der Waals surface area contributed by atoms with E-state index in [-0.39, 0.29) is 37.0 Å². The van der Waals surface area contributed by atoms with Gasteiger partial charge in [-0.15, -0.1) is 11.3 Å². The number of ether oxygens (including phenoxy) is 5. The van der Waals surface area contributed by atoms with Crippen molar-refractivity contribution in [2.45, 2.75) is 91.8 Å². The fraction of sp³-hybridized carbons (Fsp3) is 0.541. The molecule has 0 spiro atoms. The second-order valence-electron chi connectivity index (χ2n) is 14.6. The van der Waals surface area contributed by atoms with Crippen LogP contribution in [-0.4, -0.2) is 73.1 Å². The minimum Gasteiger partial charge on any atom is -0.496 e. The van der Waals surface area contributed by atoms with Crippen LogP contribution in [-0.2, 0) is 38.6 Å². The number of anilines is 1. The van der Waals surface area contributed by atoms with Crippen LogP contribution in [0.2, 0.25) is 0 Å². The fourth-order valence-corrected chi connectivity index (χ4v) is 7.00. The van der Waals surface area contributed by atoms with Gasteiger partial charge in [-0.3, -0.25) is 4.79 Å². The van der Waals surface area contributed by atoms with Crippen LogP contribution >= 0.6 is 11.3 Å². The van der Waals surface area contributed by atoms with E-state index in [9.17, 15) is 9.59 Å². The van der Waals surface area contributed by atoms with Crippen LogP contribution in [0.1, 0.15) is 70.2 Å². The van der Waals surface area contributed by atoms with E-state index in [1.165, 1.54) is 18.4 Å². The Morgan fingerprint density at radius 2 is 1.73 bits per heavy atom. The summed E-state index contributed by atoms with van der Waals surface area (Å²) in [7, 11) is 3.16. The Bertz CT molecular complexity index is 1680. The van der Waals surface area contributed by atoms with E-state index in [4.69, 9.17) is 28.7 Å². The Hall–Kier alpha value is -3.90. The number of halogens is 1. The third-order valence-corrected chi connectivity index (χ3v) is 9.40. The molecule has 3 heterocycles. The van der Waals surface area contributed by atoms with Gasteiger partial charge in [0.15, 0.2) is 5.13 Å². The molecule has 0 aliphatic carbocycles. The maximum atomic E-state index is 16.0. The molecule has 0 radical (unpaired) electrons.